The molecule has 1 aromatic rings. The summed E-state index contributed by atoms with van der Waals surface area (Å²) in [4.78, 5) is 13.7. The van der Waals surface area contributed by atoms with E-state index in [2.05, 4.69) is 20.6 Å². The van der Waals surface area contributed by atoms with E-state index in [4.69, 9.17) is 4.74 Å². The van der Waals surface area contributed by atoms with Crippen LogP contribution in [-0.4, -0.2) is 57.7 Å². The van der Waals surface area contributed by atoms with Crippen LogP contribution in [0, 0.1) is 0 Å². The van der Waals surface area contributed by atoms with Crippen molar-refractivity contribution in [1.29, 1.82) is 0 Å². The topological polar surface area (TPSA) is 84.0 Å². The van der Waals surface area contributed by atoms with E-state index in [0.717, 1.165) is 12.8 Å². The largest absolute Gasteiger partial charge is 0.368 e. The Balaban J connectivity index is 1.71. The molecule has 0 bridgehead atoms. The molecule has 7 nitrogen and oxygen atoms in total. The minimum absolute atomic E-state index is 0.00548. The van der Waals surface area contributed by atoms with Crippen molar-refractivity contribution >= 4 is 5.91 Å². The van der Waals surface area contributed by atoms with Gasteiger partial charge in [-0.15, -0.1) is 10.2 Å². The Morgan fingerprint density at radius 3 is 2.85 bits per heavy atom. The van der Waals surface area contributed by atoms with E-state index in [9.17, 15) is 4.79 Å². The summed E-state index contributed by atoms with van der Waals surface area (Å²) < 4.78 is 5.70. The van der Waals surface area contributed by atoms with Crippen molar-refractivity contribution in [2.45, 2.75) is 51.0 Å². The first-order valence-electron chi connectivity index (χ1n) is 7.25. The van der Waals surface area contributed by atoms with Gasteiger partial charge in [0.2, 0.25) is 5.91 Å². The fourth-order valence-electron chi connectivity index (χ4n) is 2.50. The Morgan fingerprint density at radius 1 is 1.45 bits per heavy atom. The summed E-state index contributed by atoms with van der Waals surface area (Å²) in [5.41, 5.74) is 0. The lowest BCUT2D eigenvalue weighted by molar-refractivity contribution is -0.137. The maximum absolute atomic E-state index is 12.0. The van der Waals surface area contributed by atoms with Gasteiger partial charge in [0.05, 0.1) is 6.10 Å². The molecule has 0 aromatic carbocycles. The number of carbonyl (C=O) groups excluding carboxylic acids is 1. The second-order valence-corrected chi connectivity index (χ2v) is 5.52. The number of aromatic nitrogens is 4. The number of nitrogens with one attached hydrogen (secondary N) is 1. The van der Waals surface area contributed by atoms with E-state index in [1.807, 2.05) is 6.92 Å². The molecule has 1 atom stereocenters. The fourth-order valence-corrected chi connectivity index (χ4v) is 2.50. The molecule has 1 saturated carbocycles. The highest BCUT2D eigenvalue weighted by atomic mass is 16.5. The van der Waals surface area contributed by atoms with Crippen molar-refractivity contribution in [1.82, 2.24) is 25.5 Å². The fraction of sp³-hybridized carbons (Fsp3) is 0.846. The maximum Gasteiger partial charge on any atom is 0.248 e. The lowest BCUT2D eigenvalue weighted by atomic mass is 9.98. The molecule has 0 spiro atoms. The zero-order valence-corrected chi connectivity index (χ0v) is 12.2. The summed E-state index contributed by atoms with van der Waals surface area (Å²) in [7, 11) is 1.78. The van der Waals surface area contributed by atoms with Gasteiger partial charge in [0.25, 0.3) is 0 Å². The molecule has 1 aliphatic carbocycles. The third-order valence-electron chi connectivity index (χ3n) is 3.77. The van der Waals surface area contributed by atoms with Gasteiger partial charge in [-0.3, -0.25) is 4.79 Å². The normalized spacial score (nSPS) is 17.9. The predicted octanol–water partition coefficient (Wildman–Crippen LogP) is 1.11. The predicted molar refractivity (Wildman–Crippen MR) is 73.1 cm³/mol. The van der Waals surface area contributed by atoms with Crippen LogP contribution >= 0.6 is 0 Å². The number of carbonyl (C=O) groups is 1. The Hall–Kier alpha value is -1.50. The minimum Gasteiger partial charge on any atom is -0.368 e. The SMILES string of the molecule is C[C@H](CN(C)C(=O)COC1CCCCC1)c1nn[nH]n1. The molecule has 0 radical (unpaired) electrons. The zero-order chi connectivity index (χ0) is 14.4. The van der Waals surface area contributed by atoms with Gasteiger partial charge in [0, 0.05) is 19.5 Å². The van der Waals surface area contributed by atoms with Gasteiger partial charge in [-0.25, -0.2) is 0 Å². The third-order valence-corrected chi connectivity index (χ3v) is 3.77. The average molecular weight is 281 g/mol. The number of hydrogen-bond donors (Lipinski definition) is 1. The van der Waals surface area contributed by atoms with Crippen molar-refractivity contribution in [3.8, 4) is 0 Å². The molecule has 112 valence electrons. The number of aromatic amines is 1. The number of ether oxygens (including phenoxy) is 1. The number of rotatable bonds is 6. The van der Waals surface area contributed by atoms with Crippen molar-refractivity contribution in [2.75, 3.05) is 20.2 Å². The number of tetrazole rings is 1. The van der Waals surface area contributed by atoms with Gasteiger partial charge in [-0.2, -0.15) is 5.21 Å². The molecule has 0 aliphatic heterocycles. The summed E-state index contributed by atoms with van der Waals surface area (Å²) in [6.45, 7) is 2.70. The van der Waals surface area contributed by atoms with Crippen LogP contribution in [0.5, 0.6) is 0 Å². The van der Waals surface area contributed by atoms with Crippen LogP contribution in [0.15, 0.2) is 0 Å². The monoisotopic (exact) mass is 281 g/mol. The standard InChI is InChI=1S/C13H23N5O2/c1-10(13-14-16-17-15-13)8-18(2)12(19)9-20-11-6-4-3-5-7-11/h10-11H,3-9H2,1-2H3,(H,14,15,16,17)/t10-/m1/s1. The summed E-state index contributed by atoms with van der Waals surface area (Å²) in [6.07, 6.45) is 6.13. The van der Waals surface area contributed by atoms with Crippen LogP contribution in [0.3, 0.4) is 0 Å². The van der Waals surface area contributed by atoms with E-state index < -0.39 is 0 Å². The van der Waals surface area contributed by atoms with Gasteiger partial charge in [0.15, 0.2) is 5.82 Å². The van der Waals surface area contributed by atoms with Crippen molar-refractivity contribution in [2.24, 2.45) is 0 Å². The summed E-state index contributed by atoms with van der Waals surface area (Å²) in [6, 6.07) is 0. The lowest BCUT2D eigenvalue weighted by Crippen LogP contribution is -2.35. The van der Waals surface area contributed by atoms with E-state index in [1.165, 1.54) is 19.3 Å². The van der Waals surface area contributed by atoms with Crippen molar-refractivity contribution in [3.05, 3.63) is 5.82 Å². The Labute approximate surface area is 119 Å². The van der Waals surface area contributed by atoms with Crippen LogP contribution in [0.4, 0.5) is 0 Å². The minimum atomic E-state index is 0.00548. The average Bonchev–Trinajstić information content (AvgIpc) is 3.00. The summed E-state index contributed by atoms with van der Waals surface area (Å²) in [5.74, 6) is 0.682. The van der Waals surface area contributed by atoms with Gasteiger partial charge in [-0.05, 0) is 12.8 Å². The number of nitrogens with zero attached hydrogens (tertiary/aromatic N) is 4. The van der Waals surface area contributed by atoms with Crippen molar-refractivity contribution in [3.63, 3.8) is 0 Å². The molecule has 1 heterocycles. The molecule has 1 aromatic heterocycles. The molecule has 1 fully saturated rings. The molecule has 2 rings (SSSR count). The highest BCUT2D eigenvalue weighted by Crippen LogP contribution is 2.20. The first-order valence-corrected chi connectivity index (χ1v) is 7.25. The highest BCUT2D eigenvalue weighted by Gasteiger charge is 2.19. The molecular formula is C13H23N5O2. The van der Waals surface area contributed by atoms with Gasteiger partial charge in [-0.1, -0.05) is 31.4 Å². The van der Waals surface area contributed by atoms with Crippen LogP contribution in [0.2, 0.25) is 0 Å². The Bertz CT molecular complexity index is 403. The molecule has 7 heteroatoms. The van der Waals surface area contributed by atoms with E-state index in [-0.39, 0.29) is 24.5 Å². The number of H-pyrrole nitrogens is 1. The molecule has 1 amide bonds. The second kappa shape index (κ2) is 7.33. The molecular weight excluding hydrogens is 258 g/mol. The maximum atomic E-state index is 12.0. The molecule has 1 aliphatic rings. The quantitative estimate of drug-likeness (QED) is 0.844. The number of hydrogen-bond acceptors (Lipinski definition) is 5. The first kappa shape index (κ1) is 14.9. The Morgan fingerprint density at radius 2 is 2.20 bits per heavy atom. The van der Waals surface area contributed by atoms with Crippen LogP contribution in [-0.2, 0) is 9.53 Å². The van der Waals surface area contributed by atoms with Crippen molar-refractivity contribution < 1.29 is 9.53 Å². The van der Waals surface area contributed by atoms with Gasteiger partial charge >= 0.3 is 0 Å². The second-order valence-electron chi connectivity index (χ2n) is 5.52. The van der Waals surface area contributed by atoms with Gasteiger partial charge in [0.1, 0.15) is 6.61 Å². The highest BCUT2D eigenvalue weighted by molar-refractivity contribution is 5.77. The van der Waals surface area contributed by atoms with Crippen LogP contribution in [0.25, 0.3) is 0 Å². The number of likely N-dealkylation sites (N-methyl/N-ethyl adjacent to an activating group) is 1. The lowest BCUT2D eigenvalue weighted by Gasteiger charge is -2.24. The van der Waals surface area contributed by atoms with Crippen LogP contribution in [0.1, 0.15) is 50.8 Å². The third kappa shape index (κ3) is 4.26. The summed E-state index contributed by atoms with van der Waals surface area (Å²) in [5, 5.41) is 13.8. The molecule has 0 unspecified atom stereocenters. The first-order chi connectivity index (χ1) is 9.66. The molecule has 1 N–H and O–H groups in total. The van der Waals surface area contributed by atoms with E-state index in [0.29, 0.717) is 12.4 Å². The van der Waals surface area contributed by atoms with Gasteiger partial charge < -0.3 is 9.64 Å². The Kier molecular flexibility index (Phi) is 5.46. The molecule has 20 heavy (non-hydrogen) atoms. The number of amides is 1. The van der Waals surface area contributed by atoms with E-state index in [1.54, 1.807) is 11.9 Å². The van der Waals surface area contributed by atoms with Crippen LogP contribution < -0.4 is 0 Å². The molecule has 0 saturated heterocycles. The van der Waals surface area contributed by atoms with E-state index >= 15 is 0 Å². The summed E-state index contributed by atoms with van der Waals surface area (Å²) >= 11 is 0. The smallest absolute Gasteiger partial charge is 0.248 e. The zero-order valence-electron chi connectivity index (χ0n) is 12.2.